The summed E-state index contributed by atoms with van der Waals surface area (Å²) in [5.41, 5.74) is 8.22. The Morgan fingerprint density at radius 3 is 2.55 bits per heavy atom. The van der Waals surface area contributed by atoms with Crippen molar-refractivity contribution in [3.05, 3.63) is 35.5 Å². The van der Waals surface area contributed by atoms with E-state index in [1.165, 1.54) is 16.9 Å². The highest BCUT2D eigenvalue weighted by atomic mass is 32.1. The van der Waals surface area contributed by atoms with Crippen molar-refractivity contribution in [2.75, 3.05) is 12.3 Å². The molecule has 0 bridgehead atoms. The molecule has 0 spiro atoms. The summed E-state index contributed by atoms with van der Waals surface area (Å²) in [5, 5.41) is 0.371. The number of carbonyl (C=O) groups is 1. The maximum absolute atomic E-state index is 11.9. The molecular formula is C15H18N2O2S. The number of nitrogen functional groups attached to an aromatic ring is 1. The molecule has 0 aliphatic carbocycles. The fraction of sp³-hybridized carbons (Fsp3) is 0.333. The number of anilines is 1. The lowest BCUT2D eigenvalue weighted by Gasteiger charge is -2.06. The second kappa shape index (κ2) is 6.05. The average Bonchev–Trinajstić information content (AvgIpc) is 2.81. The van der Waals surface area contributed by atoms with Crippen molar-refractivity contribution in [3.8, 4) is 10.4 Å². The Hall–Kier alpha value is -1.88. The third kappa shape index (κ3) is 2.99. The first-order valence-corrected chi connectivity index (χ1v) is 7.38. The second-order valence-electron chi connectivity index (χ2n) is 4.73. The lowest BCUT2D eigenvalue weighted by Crippen LogP contribution is -2.06. The number of rotatable bonds is 4. The van der Waals surface area contributed by atoms with Crippen molar-refractivity contribution >= 4 is 22.4 Å². The van der Waals surface area contributed by atoms with Crippen molar-refractivity contribution in [1.82, 2.24) is 4.98 Å². The summed E-state index contributed by atoms with van der Waals surface area (Å²) in [6, 6.07) is 8.10. The first kappa shape index (κ1) is 14.5. The van der Waals surface area contributed by atoms with Gasteiger partial charge < -0.3 is 10.5 Å². The summed E-state index contributed by atoms with van der Waals surface area (Å²) < 4.78 is 5.02. The smallest absolute Gasteiger partial charge is 0.358 e. The van der Waals surface area contributed by atoms with E-state index < -0.39 is 5.97 Å². The molecule has 106 valence electrons. The van der Waals surface area contributed by atoms with E-state index in [-0.39, 0.29) is 0 Å². The monoisotopic (exact) mass is 290 g/mol. The van der Waals surface area contributed by atoms with Crippen molar-refractivity contribution < 1.29 is 9.53 Å². The van der Waals surface area contributed by atoms with Crippen LogP contribution in [0.2, 0.25) is 0 Å². The van der Waals surface area contributed by atoms with Gasteiger partial charge in [0.1, 0.15) is 0 Å². The summed E-state index contributed by atoms with van der Waals surface area (Å²) in [6.45, 7) is 6.38. The van der Waals surface area contributed by atoms with Gasteiger partial charge in [-0.3, -0.25) is 0 Å². The Labute approximate surface area is 122 Å². The van der Waals surface area contributed by atoms with Gasteiger partial charge in [-0.05, 0) is 24.0 Å². The zero-order valence-corrected chi connectivity index (χ0v) is 12.7. The Kier molecular flexibility index (Phi) is 4.39. The van der Waals surface area contributed by atoms with E-state index in [1.54, 1.807) is 6.92 Å². The van der Waals surface area contributed by atoms with E-state index in [4.69, 9.17) is 10.5 Å². The summed E-state index contributed by atoms with van der Waals surface area (Å²) in [5.74, 6) is 0.0449. The largest absolute Gasteiger partial charge is 0.461 e. The van der Waals surface area contributed by atoms with Gasteiger partial charge >= 0.3 is 5.97 Å². The first-order chi connectivity index (χ1) is 9.52. The molecule has 0 atom stereocenters. The number of hydrogen-bond acceptors (Lipinski definition) is 5. The van der Waals surface area contributed by atoms with E-state index in [1.807, 2.05) is 12.1 Å². The summed E-state index contributed by atoms with van der Waals surface area (Å²) in [7, 11) is 0. The van der Waals surface area contributed by atoms with Gasteiger partial charge in [-0.1, -0.05) is 49.4 Å². The molecule has 1 aromatic carbocycles. The van der Waals surface area contributed by atoms with Crippen LogP contribution in [0.4, 0.5) is 5.13 Å². The SMILES string of the molecule is CCOC(=O)c1nc(N)sc1-c1ccc(C(C)C)cc1. The van der Waals surface area contributed by atoms with Crippen LogP contribution >= 0.6 is 11.3 Å². The Balaban J connectivity index is 2.39. The molecule has 5 heteroatoms. The van der Waals surface area contributed by atoms with Gasteiger partial charge in [0, 0.05) is 0 Å². The number of hydrogen-bond donors (Lipinski definition) is 1. The minimum Gasteiger partial charge on any atom is -0.461 e. The van der Waals surface area contributed by atoms with Gasteiger partial charge in [0.2, 0.25) is 0 Å². The molecule has 2 aromatic rings. The molecule has 0 aliphatic heterocycles. The number of thiazole rings is 1. The van der Waals surface area contributed by atoms with E-state index in [0.29, 0.717) is 23.4 Å². The summed E-state index contributed by atoms with van der Waals surface area (Å²) in [4.78, 5) is 16.7. The highest BCUT2D eigenvalue weighted by Gasteiger charge is 2.19. The van der Waals surface area contributed by atoms with Crippen LogP contribution in [0, 0.1) is 0 Å². The molecule has 2 rings (SSSR count). The Bertz CT molecular complexity index is 603. The van der Waals surface area contributed by atoms with Gasteiger partial charge in [-0.15, -0.1) is 0 Å². The molecule has 0 amide bonds. The maximum Gasteiger partial charge on any atom is 0.358 e. The minimum atomic E-state index is -0.427. The topological polar surface area (TPSA) is 65.2 Å². The molecule has 0 radical (unpaired) electrons. The predicted octanol–water partition coefficient (Wildman–Crippen LogP) is 3.69. The van der Waals surface area contributed by atoms with Gasteiger partial charge in [0.25, 0.3) is 0 Å². The second-order valence-corrected chi connectivity index (χ2v) is 5.76. The van der Waals surface area contributed by atoms with Gasteiger partial charge in [0.15, 0.2) is 10.8 Å². The van der Waals surface area contributed by atoms with Crippen molar-refractivity contribution in [3.63, 3.8) is 0 Å². The van der Waals surface area contributed by atoms with Crippen LogP contribution in [0.15, 0.2) is 24.3 Å². The van der Waals surface area contributed by atoms with Crippen molar-refractivity contribution in [2.24, 2.45) is 0 Å². The number of nitrogens with zero attached hydrogens (tertiary/aromatic N) is 1. The lowest BCUT2D eigenvalue weighted by molar-refractivity contribution is 0.0521. The standard InChI is InChI=1S/C15H18N2O2S/c1-4-19-14(18)12-13(20-15(16)17-12)11-7-5-10(6-8-11)9(2)3/h5-9H,4H2,1-3H3,(H2,16,17). The number of carbonyl (C=O) groups excluding carboxylic acids is 1. The van der Waals surface area contributed by atoms with E-state index in [2.05, 4.69) is 31.0 Å². The van der Waals surface area contributed by atoms with Crippen molar-refractivity contribution in [1.29, 1.82) is 0 Å². The Morgan fingerprint density at radius 1 is 1.35 bits per heavy atom. The zero-order valence-electron chi connectivity index (χ0n) is 11.8. The molecule has 0 saturated carbocycles. The molecule has 0 saturated heterocycles. The molecule has 4 nitrogen and oxygen atoms in total. The van der Waals surface area contributed by atoms with Gasteiger partial charge in [-0.2, -0.15) is 0 Å². The molecule has 1 aromatic heterocycles. The number of esters is 1. The maximum atomic E-state index is 11.9. The Morgan fingerprint density at radius 2 is 2.00 bits per heavy atom. The van der Waals surface area contributed by atoms with Gasteiger partial charge in [0.05, 0.1) is 11.5 Å². The third-order valence-electron chi connectivity index (χ3n) is 2.95. The fourth-order valence-electron chi connectivity index (χ4n) is 1.89. The summed E-state index contributed by atoms with van der Waals surface area (Å²) >= 11 is 1.30. The van der Waals surface area contributed by atoms with E-state index >= 15 is 0 Å². The van der Waals surface area contributed by atoms with Crippen LogP contribution in [0.5, 0.6) is 0 Å². The van der Waals surface area contributed by atoms with Crippen LogP contribution in [-0.4, -0.2) is 17.6 Å². The van der Waals surface area contributed by atoms with Gasteiger partial charge in [-0.25, -0.2) is 9.78 Å². The lowest BCUT2D eigenvalue weighted by atomic mass is 10.0. The van der Waals surface area contributed by atoms with Crippen LogP contribution < -0.4 is 5.73 Å². The quantitative estimate of drug-likeness (QED) is 0.872. The number of benzene rings is 1. The number of aromatic nitrogens is 1. The highest BCUT2D eigenvalue weighted by molar-refractivity contribution is 7.19. The minimum absolute atomic E-state index is 0.298. The van der Waals surface area contributed by atoms with Crippen LogP contribution in [0.3, 0.4) is 0 Å². The van der Waals surface area contributed by atoms with E-state index in [0.717, 1.165) is 10.4 Å². The molecule has 2 N–H and O–H groups in total. The van der Waals surface area contributed by atoms with Crippen LogP contribution in [0.25, 0.3) is 10.4 Å². The summed E-state index contributed by atoms with van der Waals surface area (Å²) in [6.07, 6.45) is 0. The average molecular weight is 290 g/mol. The molecule has 0 unspecified atom stereocenters. The number of ether oxygens (including phenoxy) is 1. The van der Waals surface area contributed by atoms with Crippen LogP contribution in [0.1, 0.15) is 42.7 Å². The normalized spacial score (nSPS) is 10.8. The fourth-order valence-corrected chi connectivity index (χ4v) is 2.72. The molecule has 0 fully saturated rings. The molecule has 20 heavy (non-hydrogen) atoms. The van der Waals surface area contributed by atoms with E-state index in [9.17, 15) is 4.79 Å². The highest BCUT2D eigenvalue weighted by Crippen LogP contribution is 2.33. The first-order valence-electron chi connectivity index (χ1n) is 6.56. The molecule has 0 aliphatic rings. The molecular weight excluding hydrogens is 272 g/mol. The van der Waals surface area contributed by atoms with Crippen molar-refractivity contribution in [2.45, 2.75) is 26.7 Å². The molecule has 1 heterocycles. The third-order valence-corrected chi connectivity index (χ3v) is 3.89. The number of nitrogens with two attached hydrogens (primary N) is 1. The zero-order chi connectivity index (χ0) is 14.7. The van der Waals surface area contributed by atoms with Crippen LogP contribution in [-0.2, 0) is 4.74 Å². The predicted molar refractivity (Wildman–Crippen MR) is 82.0 cm³/mol.